The fraction of sp³-hybridized carbons (Fsp3) is 0.273. The topological polar surface area (TPSA) is 88.9 Å². The Morgan fingerprint density at radius 1 is 1.07 bits per heavy atom. The third kappa shape index (κ3) is 4.88. The number of hydrogen-bond donors (Lipinski definition) is 2. The minimum Gasteiger partial charge on any atom is -0.326 e. The minimum absolute atomic E-state index is 0.0987. The van der Waals surface area contributed by atoms with Gasteiger partial charge >= 0.3 is 0 Å². The molecule has 1 aliphatic carbocycles. The summed E-state index contributed by atoms with van der Waals surface area (Å²) in [5, 5.41) is 15.1. The Kier molecular flexibility index (Phi) is 5.85. The number of carbonyl (C=O) groups is 2. The van der Waals surface area contributed by atoms with Gasteiger partial charge in [0, 0.05) is 24.2 Å². The van der Waals surface area contributed by atoms with E-state index in [0.717, 1.165) is 35.6 Å². The number of hydrogen-bond acceptors (Lipinski definition) is 5. The molecule has 0 unspecified atom stereocenters. The fourth-order valence-electron chi connectivity index (χ4n) is 3.11. The summed E-state index contributed by atoms with van der Waals surface area (Å²) in [7, 11) is 0. The van der Waals surface area contributed by atoms with E-state index in [9.17, 15) is 9.59 Å². The molecule has 8 heteroatoms. The Labute approximate surface area is 179 Å². The normalized spacial score (nSPS) is 13.1. The lowest BCUT2D eigenvalue weighted by Crippen LogP contribution is -2.14. The number of rotatable bonds is 7. The van der Waals surface area contributed by atoms with Crippen molar-refractivity contribution in [1.82, 2.24) is 14.8 Å². The number of anilines is 2. The van der Waals surface area contributed by atoms with E-state index in [4.69, 9.17) is 0 Å². The van der Waals surface area contributed by atoms with Crippen molar-refractivity contribution in [3.8, 4) is 5.69 Å². The first-order valence-electron chi connectivity index (χ1n) is 9.82. The molecule has 2 aromatic carbocycles. The van der Waals surface area contributed by atoms with Crippen molar-refractivity contribution in [3.63, 3.8) is 0 Å². The van der Waals surface area contributed by atoms with Crippen molar-refractivity contribution >= 4 is 35.0 Å². The van der Waals surface area contributed by atoms with Crippen LogP contribution in [0.15, 0.2) is 53.7 Å². The number of aromatic nitrogens is 3. The van der Waals surface area contributed by atoms with Gasteiger partial charge in [0.05, 0.1) is 11.4 Å². The van der Waals surface area contributed by atoms with Gasteiger partial charge < -0.3 is 10.6 Å². The molecule has 0 spiro atoms. The van der Waals surface area contributed by atoms with Crippen LogP contribution in [0.25, 0.3) is 5.69 Å². The van der Waals surface area contributed by atoms with E-state index in [2.05, 4.69) is 20.8 Å². The fourth-order valence-corrected chi connectivity index (χ4v) is 3.87. The molecular formula is C22H23N5O2S. The summed E-state index contributed by atoms with van der Waals surface area (Å²) in [5.41, 5.74) is 3.50. The van der Waals surface area contributed by atoms with Crippen LogP contribution in [0, 0.1) is 6.92 Å². The van der Waals surface area contributed by atoms with E-state index in [1.165, 1.54) is 18.7 Å². The van der Waals surface area contributed by atoms with Crippen molar-refractivity contribution in [3.05, 3.63) is 59.9 Å². The molecule has 2 N–H and O–H groups in total. The van der Waals surface area contributed by atoms with E-state index in [-0.39, 0.29) is 17.6 Å². The predicted molar refractivity (Wildman–Crippen MR) is 118 cm³/mol. The van der Waals surface area contributed by atoms with Gasteiger partial charge in [0.2, 0.25) is 11.8 Å². The third-order valence-corrected chi connectivity index (χ3v) is 5.62. The maximum absolute atomic E-state index is 12.4. The first-order valence-corrected chi connectivity index (χ1v) is 10.8. The largest absolute Gasteiger partial charge is 0.326 e. The number of carbonyl (C=O) groups excluding carboxylic acids is 2. The van der Waals surface area contributed by atoms with E-state index in [0.29, 0.717) is 16.8 Å². The van der Waals surface area contributed by atoms with Gasteiger partial charge in [0.15, 0.2) is 5.16 Å². The van der Waals surface area contributed by atoms with Gasteiger partial charge in [-0.05, 0) is 50.1 Å². The summed E-state index contributed by atoms with van der Waals surface area (Å²) in [5.74, 6) is 1.29. The van der Waals surface area contributed by atoms with Crippen LogP contribution in [0.2, 0.25) is 0 Å². The standard InChI is InChI=1S/C22H23N5O2S/c1-14-6-10-17(11-7-14)24-20(29)13-30-22-26-25-21(16-8-9-16)27(22)19-5-3-4-18(12-19)23-15(2)28/h3-7,10-12,16H,8-9,13H2,1-2H3,(H,23,28)(H,24,29). The van der Waals surface area contributed by atoms with Gasteiger partial charge in [-0.25, -0.2) is 0 Å². The van der Waals surface area contributed by atoms with Crippen molar-refractivity contribution in [2.45, 2.75) is 37.8 Å². The molecule has 7 nitrogen and oxygen atoms in total. The Morgan fingerprint density at radius 2 is 1.83 bits per heavy atom. The van der Waals surface area contributed by atoms with Gasteiger partial charge in [-0.2, -0.15) is 0 Å². The van der Waals surface area contributed by atoms with Crippen LogP contribution in [0.3, 0.4) is 0 Å². The van der Waals surface area contributed by atoms with Crippen LogP contribution in [-0.4, -0.2) is 32.3 Å². The quantitative estimate of drug-likeness (QED) is 0.560. The molecule has 0 atom stereocenters. The molecule has 1 aliphatic rings. The second kappa shape index (κ2) is 8.71. The number of thioether (sulfide) groups is 1. The monoisotopic (exact) mass is 421 g/mol. The molecule has 1 heterocycles. The van der Waals surface area contributed by atoms with Gasteiger partial charge in [0.25, 0.3) is 0 Å². The van der Waals surface area contributed by atoms with Crippen LogP contribution in [-0.2, 0) is 9.59 Å². The van der Waals surface area contributed by atoms with Crippen LogP contribution in [0.4, 0.5) is 11.4 Å². The number of nitrogens with zero attached hydrogens (tertiary/aromatic N) is 3. The van der Waals surface area contributed by atoms with Gasteiger partial charge in [-0.15, -0.1) is 10.2 Å². The van der Waals surface area contributed by atoms with Crippen LogP contribution in [0.1, 0.15) is 37.1 Å². The highest BCUT2D eigenvalue weighted by Crippen LogP contribution is 2.41. The number of nitrogens with one attached hydrogen (secondary N) is 2. The molecule has 1 fully saturated rings. The first-order chi connectivity index (χ1) is 14.5. The lowest BCUT2D eigenvalue weighted by atomic mass is 10.2. The van der Waals surface area contributed by atoms with E-state index >= 15 is 0 Å². The summed E-state index contributed by atoms with van der Waals surface area (Å²) in [4.78, 5) is 23.8. The molecular weight excluding hydrogens is 398 g/mol. The summed E-state index contributed by atoms with van der Waals surface area (Å²) in [6, 6.07) is 15.3. The smallest absolute Gasteiger partial charge is 0.234 e. The lowest BCUT2D eigenvalue weighted by Gasteiger charge is -2.12. The summed E-state index contributed by atoms with van der Waals surface area (Å²) in [6.45, 7) is 3.49. The lowest BCUT2D eigenvalue weighted by molar-refractivity contribution is -0.114. The minimum atomic E-state index is -0.124. The maximum Gasteiger partial charge on any atom is 0.234 e. The molecule has 4 rings (SSSR count). The SMILES string of the molecule is CC(=O)Nc1cccc(-n2c(SCC(=O)Nc3ccc(C)cc3)nnc2C2CC2)c1. The average molecular weight is 422 g/mol. The predicted octanol–water partition coefficient (Wildman–Crippen LogP) is 4.14. The van der Waals surface area contributed by atoms with Gasteiger partial charge in [0.1, 0.15) is 5.82 Å². The zero-order valence-electron chi connectivity index (χ0n) is 16.9. The molecule has 0 saturated heterocycles. The van der Waals surface area contributed by atoms with Crippen LogP contribution >= 0.6 is 11.8 Å². The molecule has 3 aromatic rings. The number of amides is 2. The average Bonchev–Trinajstić information content (AvgIpc) is 3.47. The maximum atomic E-state index is 12.4. The Morgan fingerprint density at radius 3 is 2.53 bits per heavy atom. The Balaban J connectivity index is 1.52. The molecule has 0 aliphatic heterocycles. The molecule has 2 amide bonds. The van der Waals surface area contributed by atoms with Crippen LogP contribution < -0.4 is 10.6 Å². The second-order valence-electron chi connectivity index (χ2n) is 7.38. The number of benzene rings is 2. The highest BCUT2D eigenvalue weighted by Gasteiger charge is 2.31. The Hall–Kier alpha value is -3.13. The summed E-state index contributed by atoms with van der Waals surface area (Å²) in [6.07, 6.45) is 2.17. The highest BCUT2D eigenvalue weighted by molar-refractivity contribution is 7.99. The zero-order chi connectivity index (χ0) is 21.1. The van der Waals surface area contributed by atoms with E-state index in [1.807, 2.05) is 60.0 Å². The number of aryl methyl sites for hydroxylation is 1. The summed E-state index contributed by atoms with van der Waals surface area (Å²) >= 11 is 1.35. The van der Waals surface area contributed by atoms with Crippen molar-refractivity contribution < 1.29 is 9.59 Å². The molecule has 154 valence electrons. The van der Waals surface area contributed by atoms with E-state index in [1.54, 1.807) is 0 Å². The van der Waals surface area contributed by atoms with Crippen LogP contribution in [0.5, 0.6) is 0 Å². The molecule has 0 bridgehead atoms. The molecule has 1 saturated carbocycles. The van der Waals surface area contributed by atoms with E-state index < -0.39 is 0 Å². The molecule has 0 radical (unpaired) electrons. The van der Waals surface area contributed by atoms with Gasteiger partial charge in [-0.1, -0.05) is 35.5 Å². The van der Waals surface area contributed by atoms with Crippen molar-refractivity contribution in [1.29, 1.82) is 0 Å². The zero-order valence-corrected chi connectivity index (χ0v) is 17.7. The van der Waals surface area contributed by atoms with Gasteiger partial charge in [-0.3, -0.25) is 14.2 Å². The second-order valence-corrected chi connectivity index (χ2v) is 8.33. The van der Waals surface area contributed by atoms with Crippen molar-refractivity contribution in [2.24, 2.45) is 0 Å². The third-order valence-electron chi connectivity index (χ3n) is 4.69. The molecule has 30 heavy (non-hydrogen) atoms. The molecule has 1 aromatic heterocycles. The first kappa shape index (κ1) is 20.2. The highest BCUT2D eigenvalue weighted by atomic mass is 32.2. The Bertz CT molecular complexity index is 1070. The summed E-state index contributed by atoms with van der Waals surface area (Å²) < 4.78 is 1.99. The van der Waals surface area contributed by atoms with Crippen molar-refractivity contribution in [2.75, 3.05) is 16.4 Å².